The fourth-order valence-electron chi connectivity index (χ4n) is 3.27. The Balaban J connectivity index is 0.000000328. The Kier molecular flexibility index (Phi) is 14.1. The number of amides is 3. The lowest BCUT2D eigenvalue weighted by Crippen LogP contribution is -2.27. The van der Waals surface area contributed by atoms with Gasteiger partial charge in [-0.1, -0.05) is 60.7 Å². The summed E-state index contributed by atoms with van der Waals surface area (Å²) in [4.78, 5) is 42.4. The average molecular weight is 659 g/mol. The van der Waals surface area contributed by atoms with Gasteiger partial charge in [-0.15, -0.1) is 12.4 Å². The molecule has 3 amide bonds. The van der Waals surface area contributed by atoms with Gasteiger partial charge in [-0.3, -0.25) is 16.0 Å². The lowest BCUT2D eigenvalue weighted by atomic mass is 10.2. The Morgan fingerprint density at radius 1 is 0.717 bits per heavy atom. The van der Waals surface area contributed by atoms with Crippen LogP contribution in [-0.4, -0.2) is 33.8 Å². The SMILES string of the molecule is CC(C)(C)OC(=O)Nc1cc(NC(=O)OCc2ccccc2)ncc1F.Cl.Nc1cc(NC(=O)OCc2ccccc2)ncc1F. The van der Waals surface area contributed by atoms with Gasteiger partial charge in [0.15, 0.2) is 11.6 Å². The number of nitrogens with two attached hydrogens (primary N) is 1. The summed E-state index contributed by atoms with van der Waals surface area (Å²) in [7, 11) is 0. The first-order valence-electron chi connectivity index (χ1n) is 13.4. The van der Waals surface area contributed by atoms with Gasteiger partial charge in [-0.2, -0.15) is 0 Å². The van der Waals surface area contributed by atoms with Crippen molar-refractivity contribution in [1.29, 1.82) is 0 Å². The zero-order chi connectivity index (χ0) is 32.8. The van der Waals surface area contributed by atoms with Crippen LogP contribution in [0.4, 0.5) is 46.2 Å². The maximum atomic E-state index is 13.8. The molecule has 2 aromatic carbocycles. The fraction of sp³-hybridized carbons (Fsp3) is 0.194. The van der Waals surface area contributed by atoms with Gasteiger partial charge in [0, 0.05) is 12.1 Å². The number of hydrogen-bond acceptors (Lipinski definition) is 9. The van der Waals surface area contributed by atoms with E-state index < -0.39 is 35.5 Å². The minimum atomic E-state index is -0.819. The van der Waals surface area contributed by atoms with Crippen LogP contribution < -0.4 is 21.7 Å². The summed E-state index contributed by atoms with van der Waals surface area (Å²) in [6.45, 7) is 5.28. The molecule has 4 rings (SSSR count). The molecule has 0 bridgehead atoms. The van der Waals surface area contributed by atoms with E-state index in [9.17, 15) is 23.2 Å². The quantitative estimate of drug-likeness (QED) is 0.149. The largest absolute Gasteiger partial charge is 0.444 e. The van der Waals surface area contributed by atoms with Crippen LogP contribution in [0, 0.1) is 11.6 Å². The molecule has 0 aliphatic rings. The molecule has 0 saturated heterocycles. The fourth-order valence-corrected chi connectivity index (χ4v) is 3.27. The molecule has 0 fully saturated rings. The average Bonchev–Trinajstić information content (AvgIpc) is 2.99. The number of nitrogens with zero attached hydrogens (tertiary/aromatic N) is 2. The number of rotatable bonds is 7. The number of ether oxygens (including phenoxy) is 3. The molecule has 0 saturated carbocycles. The van der Waals surface area contributed by atoms with Crippen LogP contribution in [0.5, 0.6) is 0 Å². The first-order chi connectivity index (χ1) is 21.4. The molecule has 0 atom stereocenters. The highest BCUT2D eigenvalue weighted by molar-refractivity contribution is 5.88. The third kappa shape index (κ3) is 13.4. The summed E-state index contributed by atoms with van der Waals surface area (Å²) < 4.78 is 41.8. The van der Waals surface area contributed by atoms with E-state index in [-0.39, 0.29) is 48.6 Å². The van der Waals surface area contributed by atoms with Crippen LogP contribution in [0.2, 0.25) is 0 Å². The third-order valence-electron chi connectivity index (χ3n) is 5.26. The molecule has 46 heavy (non-hydrogen) atoms. The van der Waals surface area contributed by atoms with Crippen LogP contribution >= 0.6 is 12.4 Å². The van der Waals surface area contributed by atoms with Crippen molar-refractivity contribution in [1.82, 2.24) is 9.97 Å². The number of carbonyl (C=O) groups excluding carboxylic acids is 3. The number of benzene rings is 2. The second-order valence-electron chi connectivity index (χ2n) is 10.1. The first kappa shape index (κ1) is 36.7. The number of carbonyl (C=O) groups is 3. The van der Waals surface area contributed by atoms with Crippen LogP contribution in [0.25, 0.3) is 0 Å². The van der Waals surface area contributed by atoms with E-state index in [1.807, 2.05) is 60.7 Å². The second-order valence-corrected chi connectivity index (χ2v) is 10.1. The molecule has 244 valence electrons. The number of pyridine rings is 2. The molecule has 0 aliphatic heterocycles. The molecule has 0 aliphatic carbocycles. The van der Waals surface area contributed by atoms with Crippen LogP contribution in [-0.2, 0) is 27.4 Å². The van der Waals surface area contributed by atoms with Gasteiger partial charge in [0.25, 0.3) is 0 Å². The van der Waals surface area contributed by atoms with Gasteiger partial charge in [0.2, 0.25) is 0 Å². The van der Waals surface area contributed by atoms with Crippen molar-refractivity contribution < 1.29 is 37.4 Å². The van der Waals surface area contributed by atoms with E-state index in [4.69, 9.17) is 19.9 Å². The Hall–Kier alpha value is -5.50. The van der Waals surface area contributed by atoms with Gasteiger partial charge in [-0.05, 0) is 31.9 Å². The number of halogens is 3. The lowest BCUT2D eigenvalue weighted by molar-refractivity contribution is 0.0635. The maximum absolute atomic E-state index is 13.8. The molecule has 12 nitrogen and oxygen atoms in total. The van der Waals surface area contributed by atoms with E-state index >= 15 is 0 Å². The minimum Gasteiger partial charge on any atom is -0.444 e. The molecule has 0 spiro atoms. The molecule has 2 aromatic heterocycles. The molecule has 0 radical (unpaired) electrons. The molecule has 4 aromatic rings. The molecule has 2 heterocycles. The predicted molar refractivity (Wildman–Crippen MR) is 170 cm³/mol. The summed E-state index contributed by atoms with van der Waals surface area (Å²) in [5.74, 6) is -1.24. The summed E-state index contributed by atoms with van der Waals surface area (Å²) in [6, 6.07) is 20.8. The van der Waals surface area contributed by atoms with Crippen molar-refractivity contribution >= 4 is 53.7 Å². The minimum absolute atomic E-state index is 0. The van der Waals surface area contributed by atoms with E-state index in [1.54, 1.807) is 20.8 Å². The van der Waals surface area contributed by atoms with Crippen molar-refractivity contribution in [2.24, 2.45) is 0 Å². The maximum Gasteiger partial charge on any atom is 0.413 e. The van der Waals surface area contributed by atoms with E-state index in [2.05, 4.69) is 25.9 Å². The molecule has 15 heteroatoms. The van der Waals surface area contributed by atoms with Gasteiger partial charge in [-0.25, -0.2) is 33.1 Å². The van der Waals surface area contributed by atoms with Crippen molar-refractivity contribution in [3.05, 3.63) is 108 Å². The first-order valence-corrected chi connectivity index (χ1v) is 13.4. The number of anilines is 4. The van der Waals surface area contributed by atoms with Gasteiger partial charge in [0.05, 0.1) is 23.8 Å². The van der Waals surface area contributed by atoms with E-state index in [0.29, 0.717) is 0 Å². The Morgan fingerprint density at radius 2 is 1.17 bits per heavy atom. The zero-order valence-electron chi connectivity index (χ0n) is 25.1. The highest BCUT2D eigenvalue weighted by Gasteiger charge is 2.18. The normalized spacial score (nSPS) is 10.2. The van der Waals surface area contributed by atoms with Gasteiger partial charge < -0.3 is 19.9 Å². The summed E-state index contributed by atoms with van der Waals surface area (Å²) in [5.41, 5.74) is 6.05. The lowest BCUT2D eigenvalue weighted by Gasteiger charge is -2.19. The second kappa shape index (κ2) is 17.7. The topological polar surface area (TPSA) is 167 Å². The highest BCUT2D eigenvalue weighted by Crippen LogP contribution is 2.19. The smallest absolute Gasteiger partial charge is 0.413 e. The standard InChI is InChI=1S/C18H20FN3O4.C13H12FN3O2.ClH/c1-18(2,3)26-17(24)21-14-9-15(20-10-13(14)19)22-16(23)25-11-12-7-5-4-6-8-12;14-10-7-16-12(6-11(10)15)17-13(18)19-8-9-4-2-1-3-5-9;/h4-10H,11H2,1-3H3,(H2,20,21,22,23,24);1-7H,8H2,(H3,15,16,17,18);1H. The number of nitrogens with one attached hydrogen (secondary N) is 3. The van der Waals surface area contributed by atoms with E-state index in [0.717, 1.165) is 23.5 Å². The predicted octanol–water partition coefficient (Wildman–Crippen LogP) is 7.29. The van der Waals surface area contributed by atoms with Crippen LogP contribution in [0.1, 0.15) is 31.9 Å². The Labute approximate surface area is 270 Å². The van der Waals surface area contributed by atoms with Crippen molar-refractivity contribution in [3.8, 4) is 0 Å². The Bertz CT molecular complexity index is 1590. The van der Waals surface area contributed by atoms with Crippen LogP contribution in [0.15, 0.2) is 85.2 Å². The monoisotopic (exact) mass is 658 g/mol. The van der Waals surface area contributed by atoms with Gasteiger partial charge in [0.1, 0.15) is 30.5 Å². The number of aromatic nitrogens is 2. The molecular weight excluding hydrogens is 626 g/mol. The van der Waals surface area contributed by atoms with Gasteiger partial charge >= 0.3 is 18.3 Å². The molecule has 5 N–H and O–H groups in total. The van der Waals surface area contributed by atoms with Crippen molar-refractivity contribution in [2.45, 2.75) is 39.6 Å². The third-order valence-corrected chi connectivity index (χ3v) is 5.26. The summed E-state index contributed by atoms with van der Waals surface area (Å²) in [6.07, 6.45) is -0.444. The van der Waals surface area contributed by atoms with Crippen molar-refractivity contribution in [2.75, 3.05) is 21.7 Å². The van der Waals surface area contributed by atoms with Crippen molar-refractivity contribution in [3.63, 3.8) is 0 Å². The number of nitrogen functional groups attached to an aromatic ring is 1. The summed E-state index contributed by atoms with van der Waals surface area (Å²) in [5, 5.41) is 7.00. The molecular formula is C31H33ClF2N6O6. The zero-order valence-corrected chi connectivity index (χ0v) is 25.9. The summed E-state index contributed by atoms with van der Waals surface area (Å²) >= 11 is 0. The van der Waals surface area contributed by atoms with E-state index in [1.165, 1.54) is 12.1 Å². The Morgan fingerprint density at radius 3 is 1.63 bits per heavy atom. The molecule has 0 unspecified atom stereocenters. The highest BCUT2D eigenvalue weighted by atomic mass is 35.5. The number of hydrogen-bond donors (Lipinski definition) is 4. The van der Waals surface area contributed by atoms with Crippen LogP contribution in [0.3, 0.4) is 0 Å².